The second-order valence-electron chi connectivity index (χ2n) is 7.19. The molecule has 4 heteroatoms. The summed E-state index contributed by atoms with van der Waals surface area (Å²) in [5.74, 6) is 0.502. The van der Waals surface area contributed by atoms with Crippen molar-refractivity contribution < 1.29 is 5.11 Å². The van der Waals surface area contributed by atoms with Crippen molar-refractivity contribution >= 4 is 23.2 Å². The summed E-state index contributed by atoms with van der Waals surface area (Å²) in [5.41, 5.74) is 1.01. The lowest BCUT2D eigenvalue weighted by molar-refractivity contribution is 0.109. The van der Waals surface area contributed by atoms with E-state index in [0.717, 1.165) is 25.1 Å². The molecular weight excluding hydrogens is 329 g/mol. The minimum atomic E-state index is -0.0148. The van der Waals surface area contributed by atoms with E-state index in [0.29, 0.717) is 16.0 Å². The normalized spacial score (nSPS) is 25.7. The number of phenols is 1. The molecule has 130 valence electrons. The fourth-order valence-corrected chi connectivity index (χ4v) is 4.25. The van der Waals surface area contributed by atoms with Crippen molar-refractivity contribution in [3.8, 4) is 5.75 Å². The number of hydrogen-bond acceptors (Lipinski definition) is 2. The van der Waals surface area contributed by atoms with Crippen LogP contribution in [0, 0.1) is 5.92 Å². The summed E-state index contributed by atoms with van der Waals surface area (Å²) in [6, 6.07) is 3.74. The number of aromatic hydroxyl groups is 1. The Morgan fingerprint density at radius 3 is 2.65 bits per heavy atom. The molecule has 0 amide bonds. The Labute approximate surface area is 150 Å². The van der Waals surface area contributed by atoms with Crippen LogP contribution in [0.3, 0.4) is 0 Å². The standard InChI is InChI=1S/C19H29Cl2NO/c1-4-5-6-7-11-22-12-10-19(3,14(2)13-22)15-8-9-16(20)18(23)17(15)21/h8-9,14,23H,4-7,10-13H2,1-3H3. The van der Waals surface area contributed by atoms with Gasteiger partial charge in [-0.15, -0.1) is 0 Å². The third kappa shape index (κ3) is 4.15. The number of benzene rings is 1. The van der Waals surface area contributed by atoms with Crippen molar-refractivity contribution in [2.24, 2.45) is 5.92 Å². The highest BCUT2D eigenvalue weighted by Gasteiger charge is 2.39. The van der Waals surface area contributed by atoms with Gasteiger partial charge in [0.25, 0.3) is 0 Å². The summed E-state index contributed by atoms with van der Waals surface area (Å²) < 4.78 is 0. The van der Waals surface area contributed by atoms with Gasteiger partial charge >= 0.3 is 0 Å². The highest BCUT2D eigenvalue weighted by Crippen LogP contribution is 2.46. The topological polar surface area (TPSA) is 23.5 Å². The molecule has 1 N–H and O–H groups in total. The van der Waals surface area contributed by atoms with Crippen molar-refractivity contribution in [3.63, 3.8) is 0 Å². The van der Waals surface area contributed by atoms with Crippen LogP contribution < -0.4 is 0 Å². The van der Waals surface area contributed by atoms with Gasteiger partial charge in [-0.25, -0.2) is 0 Å². The predicted molar refractivity (Wildman–Crippen MR) is 99.8 cm³/mol. The number of phenolic OH excluding ortho intramolecular Hbond substituents is 1. The Hall–Kier alpha value is -0.440. The second-order valence-corrected chi connectivity index (χ2v) is 7.97. The number of piperidine rings is 1. The van der Waals surface area contributed by atoms with Crippen LogP contribution in [0.2, 0.25) is 10.0 Å². The molecule has 1 aliphatic heterocycles. The fourth-order valence-electron chi connectivity index (χ4n) is 3.66. The first-order valence-corrected chi connectivity index (χ1v) is 9.55. The van der Waals surface area contributed by atoms with Crippen LogP contribution in [-0.4, -0.2) is 29.6 Å². The van der Waals surface area contributed by atoms with E-state index in [1.807, 2.05) is 6.07 Å². The van der Waals surface area contributed by atoms with E-state index in [2.05, 4.69) is 25.7 Å². The van der Waals surface area contributed by atoms with Crippen molar-refractivity contribution in [3.05, 3.63) is 27.7 Å². The van der Waals surface area contributed by atoms with Crippen molar-refractivity contribution in [2.75, 3.05) is 19.6 Å². The quantitative estimate of drug-likeness (QED) is 0.642. The Balaban J connectivity index is 2.06. The number of rotatable bonds is 6. The molecule has 2 unspecified atom stereocenters. The van der Waals surface area contributed by atoms with E-state index < -0.39 is 0 Å². The Morgan fingerprint density at radius 1 is 1.26 bits per heavy atom. The smallest absolute Gasteiger partial charge is 0.153 e. The molecule has 2 nitrogen and oxygen atoms in total. The maximum Gasteiger partial charge on any atom is 0.153 e. The van der Waals surface area contributed by atoms with Gasteiger partial charge in [-0.05, 0) is 48.9 Å². The number of hydrogen-bond donors (Lipinski definition) is 1. The van der Waals surface area contributed by atoms with Crippen LogP contribution in [0.5, 0.6) is 5.75 Å². The Morgan fingerprint density at radius 2 is 2.00 bits per heavy atom. The highest BCUT2D eigenvalue weighted by atomic mass is 35.5. The molecule has 1 aromatic carbocycles. The predicted octanol–water partition coefficient (Wildman–Crippen LogP) is 5.88. The molecule has 0 bridgehead atoms. The molecule has 1 heterocycles. The van der Waals surface area contributed by atoms with Crippen LogP contribution in [-0.2, 0) is 5.41 Å². The monoisotopic (exact) mass is 357 g/mol. The maximum absolute atomic E-state index is 10.1. The third-order valence-electron chi connectivity index (χ3n) is 5.58. The van der Waals surface area contributed by atoms with E-state index in [4.69, 9.17) is 23.2 Å². The zero-order chi connectivity index (χ0) is 17.0. The molecular formula is C19H29Cl2NO. The lowest BCUT2D eigenvalue weighted by Crippen LogP contribution is -2.47. The summed E-state index contributed by atoms with van der Waals surface area (Å²) in [6.07, 6.45) is 6.30. The molecule has 1 saturated heterocycles. The van der Waals surface area contributed by atoms with E-state index in [1.165, 1.54) is 32.2 Å². The molecule has 0 spiro atoms. The van der Waals surface area contributed by atoms with Crippen LogP contribution in [0.25, 0.3) is 0 Å². The van der Waals surface area contributed by atoms with Crippen LogP contribution in [0.1, 0.15) is 58.4 Å². The first-order valence-electron chi connectivity index (χ1n) is 8.80. The first-order chi connectivity index (χ1) is 10.9. The van der Waals surface area contributed by atoms with Crippen LogP contribution in [0.4, 0.5) is 0 Å². The second kappa shape index (κ2) is 8.09. The summed E-state index contributed by atoms with van der Waals surface area (Å²) >= 11 is 12.4. The lowest BCUT2D eigenvalue weighted by Gasteiger charge is -2.45. The van der Waals surface area contributed by atoms with E-state index >= 15 is 0 Å². The van der Waals surface area contributed by atoms with Crippen LogP contribution >= 0.6 is 23.2 Å². The van der Waals surface area contributed by atoms with Gasteiger partial charge in [-0.3, -0.25) is 0 Å². The van der Waals surface area contributed by atoms with Crippen molar-refractivity contribution in [2.45, 2.75) is 58.3 Å². The van der Waals surface area contributed by atoms with Gasteiger partial charge in [0.05, 0.1) is 10.0 Å². The molecule has 0 aliphatic carbocycles. The number of nitrogens with zero attached hydrogens (tertiary/aromatic N) is 1. The molecule has 23 heavy (non-hydrogen) atoms. The van der Waals surface area contributed by atoms with Gasteiger partial charge in [0.1, 0.15) is 0 Å². The lowest BCUT2D eigenvalue weighted by atomic mass is 9.68. The van der Waals surface area contributed by atoms with Gasteiger partial charge < -0.3 is 10.0 Å². The van der Waals surface area contributed by atoms with Gasteiger partial charge in [-0.2, -0.15) is 0 Å². The minimum absolute atomic E-state index is 0.0148. The average molecular weight is 358 g/mol. The van der Waals surface area contributed by atoms with E-state index in [-0.39, 0.29) is 11.2 Å². The van der Waals surface area contributed by atoms with Crippen molar-refractivity contribution in [1.82, 2.24) is 4.90 Å². The van der Waals surface area contributed by atoms with Gasteiger partial charge in [0.15, 0.2) is 5.75 Å². The highest BCUT2D eigenvalue weighted by molar-refractivity contribution is 6.37. The molecule has 2 rings (SSSR count). The molecule has 0 saturated carbocycles. The molecule has 0 radical (unpaired) electrons. The Bertz CT molecular complexity index is 534. The number of likely N-dealkylation sites (tertiary alicyclic amines) is 1. The largest absolute Gasteiger partial charge is 0.505 e. The van der Waals surface area contributed by atoms with Crippen LogP contribution in [0.15, 0.2) is 12.1 Å². The van der Waals surface area contributed by atoms with Gasteiger partial charge in [0.2, 0.25) is 0 Å². The molecule has 1 fully saturated rings. The summed E-state index contributed by atoms with van der Waals surface area (Å²) in [5, 5.41) is 10.8. The maximum atomic E-state index is 10.1. The van der Waals surface area contributed by atoms with Gasteiger partial charge in [-0.1, -0.05) is 69.3 Å². The fraction of sp³-hybridized carbons (Fsp3) is 0.684. The minimum Gasteiger partial charge on any atom is -0.505 e. The average Bonchev–Trinajstić information content (AvgIpc) is 2.53. The SMILES string of the molecule is CCCCCCN1CCC(C)(c2ccc(Cl)c(O)c2Cl)C(C)C1. The number of unbranched alkanes of at least 4 members (excludes halogenated alkanes) is 3. The van der Waals surface area contributed by atoms with E-state index in [1.54, 1.807) is 6.07 Å². The molecule has 2 atom stereocenters. The molecule has 1 aliphatic rings. The zero-order valence-electron chi connectivity index (χ0n) is 14.5. The summed E-state index contributed by atoms with van der Waals surface area (Å²) in [6.45, 7) is 10.2. The molecule has 1 aromatic rings. The third-order valence-corrected chi connectivity index (χ3v) is 6.26. The first kappa shape index (κ1) is 18.9. The summed E-state index contributed by atoms with van der Waals surface area (Å²) in [4.78, 5) is 2.58. The zero-order valence-corrected chi connectivity index (χ0v) is 16.1. The van der Waals surface area contributed by atoms with Crippen molar-refractivity contribution in [1.29, 1.82) is 0 Å². The van der Waals surface area contributed by atoms with E-state index in [9.17, 15) is 5.11 Å². The van der Waals surface area contributed by atoms with Gasteiger partial charge in [0, 0.05) is 6.54 Å². The molecule has 0 aromatic heterocycles. The number of halogens is 2. The Kier molecular flexibility index (Phi) is 6.65. The summed E-state index contributed by atoms with van der Waals surface area (Å²) in [7, 11) is 0.